The van der Waals surface area contributed by atoms with Crippen molar-refractivity contribution >= 4 is 5.97 Å². The van der Waals surface area contributed by atoms with Crippen LogP contribution >= 0.6 is 0 Å². The first-order chi connectivity index (χ1) is 9.08. The Labute approximate surface area is 114 Å². The van der Waals surface area contributed by atoms with Gasteiger partial charge in [-0.2, -0.15) is 0 Å². The molecule has 4 nitrogen and oxygen atoms in total. The van der Waals surface area contributed by atoms with Gasteiger partial charge in [-0.15, -0.1) is 0 Å². The number of hydrogen-bond donors (Lipinski definition) is 1. The van der Waals surface area contributed by atoms with Crippen molar-refractivity contribution in [2.75, 3.05) is 20.2 Å². The number of carboxylic acids is 1. The van der Waals surface area contributed by atoms with E-state index in [1.54, 1.807) is 24.3 Å². The molecule has 0 aromatic heterocycles. The first-order valence-corrected chi connectivity index (χ1v) is 6.74. The van der Waals surface area contributed by atoms with Crippen LogP contribution in [0.1, 0.15) is 30.1 Å². The number of likely N-dealkylation sites (N-methyl/N-ethyl adjacent to an activating group) is 1. The number of carboxylic acid groups (broad SMARTS) is 1. The van der Waals surface area contributed by atoms with Gasteiger partial charge in [0.1, 0.15) is 12.4 Å². The molecular weight excluding hydrogens is 242 g/mol. The third-order valence-electron chi connectivity index (χ3n) is 3.79. The summed E-state index contributed by atoms with van der Waals surface area (Å²) >= 11 is 0. The molecular formula is C15H21NO3. The predicted octanol–water partition coefficient (Wildman–Crippen LogP) is 2.49. The van der Waals surface area contributed by atoms with E-state index in [0.717, 1.165) is 12.5 Å². The smallest absolute Gasteiger partial charge is 0.335 e. The van der Waals surface area contributed by atoms with Crippen molar-refractivity contribution in [3.63, 3.8) is 0 Å². The Kier molecular flexibility index (Phi) is 4.43. The Morgan fingerprint density at radius 1 is 1.53 bits per heavy atom. The van der Waals surface area contributed by atoms with Crippen molar-refractivity contribution in [3.05, 3.63) is 29.8 Å². The Morgan fingerprint density at radius 3 is 2.89 bits per heavy atom. The molecule has 1 aliphatic carbocycles. The maximum Gasteiger partial charge on any atom is 0.335 e. The second kappa shape index (κ2) is 6.06. The van der Waals surface area contributed by atoms with Crippen molar-refractivity contribution in [2.45, 2.75) is 25.8 Å². The standard InChI is InChI=1S/C15H21NO3/c1-11(12-6-7-12)16(2)8-9-19-14-5-3-4-13(10-14)15(17)18/h3-5,10-12H,6-9H2,1-2H3,(H,17,18). The minimum atomic E-state index is -0.926. The molecule has 1 aromatic rings. The molecule has 1 N–H and O–H groups in total. The van der Waals surface area contributed by atoms with Crippen LogP contribution in [0.5, 0.6) is 5.75 Å². The van der Waals surface area contributed by atoms with Crippen LogP contribution in [0, 0.1) is 5.92 Å². The summed E-state index contributed by atoms with van der Waals surface area (Å²) in [6.45, 7) is 3.69. The second-order valence-corrected chi connectivity index (χ2v) is 5.24. The fraction of sp³-hybridized carbons (Fsp3) is 0.533. The van der Waals surface area contributed by atoms with E-state index in [-0.39, 0.29) is 5.56 Å². The molecule has 0 radical (unpaired) electrons. The van der Waals surface area contributed by atoms with E-state index in [0.29, 0.717) is 18.4 Å². The minimum Gasteiger partial charge on any atom is -0.492 e. The summed E-state index contributed by atoms with van der Waals surface area (Å²) < 4.78 is 5.61. The number of carbonyl (C=O) groups is 1. The van der Waals surface area contributed by atoms with Gasteiger partial charge in [0.2, 0.25) is 0 Å². The average Bonchev–Trinajstić information content (AvgIpc) is 3.22. The lowest BCUT2D eigenvalue weighted by atomic mass is 10.2. The first kappa shape index (κ1) is 13.9. The Hall–Kier alpha value is -1.55. The molecule has 0 spiro atoms. The van der Waals surface area contributed by atoms with E-state index in [1.165, 1.54) is 12.8 Å². The molecule has 4 heteroatoms. The van der Waals surface area contributed by atoms with E-state index in [9.17, 15) is 4.79 Å². The van der Waals surface area contributed by atoms with Crippen LogP contribution in [0.15, 0.2) is 24.3 Å². The van der Waals surface area contributed by atoms with Gasteiger partial charge in [-0.1, -0.05) is 6.07 Å². The highest BCUT2D eigenvalue weighted by Gasteiger charge is 2.30. The van der Waals surface area contributed by atoms with Crippen molar-refractivity contribution in [1.29, 1.82) is 0 Å². The van der Waals surface area contributed by atoms with Crippen LogP contribution in [0.25, 0.3) is 0 Å². The number of hydrogen-bond acceptors (Lipinski definition) is 3. The normalized spacial score (nSPS) is 16.4. The van der Waals surface area contributed by atoms with Crippen molar-refractivity contribution in [2.24, 2.45) is 5.92 Å². The van der Waals surface area contributed by atoms with Crippen LogP contribution in [0.3, 0.4) is 0 Å². The molecule has 19 heavy (non-hydrogen) atoms. The third-order valence-corrected chi connectivity index (χ3v) is 3.79. The summed E-state index contributed by atoms with van der Waals surface area (Å²) in [6.07, 6.45) is 2.68. The molecule has 2 rings (SSSR count). The van der Waals surface area contributed by atoms with E-state index in [4.69, 9.17) is 9.84 Å². The SMILES string of the molecule is CC(C1CC1)N(C)CCOc1cccc(C(=O)O)c1. The Bertz CT molecular complexity index is 443. The van der Waals surface area contributed by atoms with Crippen LogP contribution < -0.4 is 4.74 Å². The molecule has 1 aromatic carbocycles. The lowest BCUT2D eigenvalue weighted by molar-refractivity contribution is 0.0696. The highest BCUT2D eigenvalue weighted by molar-refractivity contribution is 5.87. The summed E-state index contributed by atoms with van der Waals surface area (Å²) in [6, 6.07) is 7.23. The molecule has 0 bridgehead atoms. The van der Waals surface area contributed by atoms with E-state index >= 15 is 0 Å². The monoisotopic (exact) mass is 263 g/mol. The van der Waals surface area contributed by atoms with Crippen LogP contribution in [-0.2, 0) is 0 Å². The molecule has 1 aliphatic rings. The van der Waals surface area contributed by atoms with Gasteiger partial charge in [0.25, 0.3) is 0 Å². The summed E-state index contributed by atoms with van der Waals surface area (Å²) in [5.74, 6) is 0.539. The van der Waals surface area contributed by atoms with Gasteiger partial charge in [0.05, 0.1) is 5.56 Å². The zero-order chi connectivity index (χ0) is 13.8. The minimum absolute atomic E-state index is 0.261. The maximum atomic E-state index is 10.8. The van der Waals surface area contributed by atoms with Gasteiger partial charge in [0.15, 0.2) is 0 Å². The van der Waals surface area contributed by atoms with Crippen molar-refractivity contribution < 1.29 is 14.6 Å². The number of ether oxygens (including phenoxy) is 1. The summed E-state index contributed by atoms with van der Waals surface area (Å²) in [4.78, 5) is 13.1. The molecule has 104 valence electrons. The van der Waals surface area contributed by atoms with E-state index < -0.39 is 5.97 Å². The predicted molar refractivity (Wildman–Crippen MR) is 73.7 cm³/mol. The fourth-order valence-corrected chi connectivity index (χ4v) is 2.17. The largest absolute Gasteiger partial charge is 0.492 e. The number of rotatable bonds is 7. The first-order valence-electron chi connectivity index (χ1n) is 6.74. The molecule has 1 atom stereocenters. The topological polar surface area (TPSA) is 49.8 Å². The molecule has 1 saturated carbocycles. The summed E-state index contributed by atoms with van der Waals surface area (Å²) in [5, 5.41) is 8.90. The molecule has 0 aliphatic heterocycles. The van der Waals surface area contributed by atoms with Crippen LogP contribution in [-0.4, -0.2) is 42.2 Å². The van der Waals surface area contributed by atoms with Crippen LogP contribution in [0.2, 0.25) is 0 Å². The summed E-state index contributed by atoms with van der Waals surface area (Å²) in [7, 11) is 2.11. The third kappa shape index (κ3) is 3.96. The Morgan fingerprint density at radius 2 is 2.26 bits per heavy atom. The van der Waals surface area contributed by atoms with Crippen molar-refractivity contribution in [1.82, 2.24) is 4.90 Å². The molecule has 1 unspecified atom stereocenters. The highest BCUT2D eigenvalue weighted by Crippen LogP contribution is 2.34. The van der Waals surface area contributed by atoms with E-state index in [1.807, 2.05) is 0 Å². The van der Waals surface area contributed by atoms with E-state index in [2.05, 4.69) is 18.9 Å². The van der Waals surface area contributed by atoms with Gasteiger partial charge in [-0.3, -0.25) is 0 Å². The van der Waals surface area contributed by atoms with Gasteiger partial charge < -0.3 is 14.7 Å². The zero-order valence-corrected chi connectivity index (χ0v) is 11.5. The Balaban J connectivity index is 1.78. The summed E-state index contributed by atoms with van der Waals surface area (Å²) in [5.41, 5.74) is 0.261. The molecule has 0 saturated heterocycles. The maximum absolute atomic E-state index is 10.8. The molecule has 0 heterocycles. The molecule has 0 amide bonds. The highest BCUT2D eigenvalue weighted by atomic mass is 16.5. The van der Waals surface area contributed by atoms with Gasteiger partial charge >= 0.3 is 5.97 Å². The van der Waals surface area contributed by atoms with Crippen LogP contribution in [0.4, 0.5) is 0 Å². The number of nitrogens with zero attached hydrogens (tertiary/aromatic N) is 1. The fourth-order valence-electron chi connectivity index (χ4n) is 2.17. The van der Waals surface area contributed by atoms with Crippen molar-refractivity contribution in [3.8, 4) is 5.75 Å². The lowest BCUT2D eigenvalue weighted by Gasteiger charge is -2.24. The van der Waals surface area contributed by atoms with Gasteiger partial charge in [0, 0.05) is 12.6 Å². The van der Waals surface area contributed by atoms with Gasteiger partial charge in [-0.25, -0.2) is 4.79 Å². The average molecular weight is 263 g/mol. The second-order valence-electron chi connectivity index (χ2n) is 5.24. The molecule has 1 fully saturated rings. The quantitative estimate of drug-likeness (QED) is 0.821. The number of benzene rings is 1. The van der Waals surface area contributed by atoms with Gasteiger partial charge in [-0.05, 0) is 50.9 Å². The zero-order valence-electron chi connectivity index (χ0n) is 11.5. The lowest BCUT2D eigenvalue weighted by Crippen LogP contribution is -2.34. The number of aromatic carboxylic acids is 1.